The summed E-state index contributed by atoms with van der Waals surface area (Å²) in [7, 11) is 1.62. The normalized spacial score (nSPS) is 28.8. The number of ether oxygens (including phenoxy) is 1. The van der Waals surface area contributed by atoms with Crippen LogP contribution in [0.25, 0.3) is 0 Å². The van der Waals surface area contributed by atoms with Crippen LogP contribution in [0, 0.1) is 11.8 Å². The number of rotatable bonds is 3. The van der Waals surface area contributed by atoms with Gasteiger partial charge in [-0.3, -0.25) is 0 Å². The Morgan fingerprint density at radius 3 is 2.88 bits per heavy atom. The maximum Gasteiger partial charge on any atom is 0.218 e. The highest BCUT2D eigenvalue weighted by atomic mass is 16.5. The van der Waals surface area contributed by atoms with Crippen molar-refractivity contribution in [3.63, 3.8) is 0 Å². The number of anilines is 1. The summed E-state index contributed by atoms with van der Waals surface area (Å²) >= 11 is 0. The van der Waals surface area contributed by atoms with Crippen molar-refractivity contribution in [1.82, 2.24) is 9.97 Å². The van der Waals surface area contributed by atoms with E-state index in [0.717, 1.165) is 11.7 Å². The highest BCUT2D eigenvalue weighted by Gasteiger charge is 2.27. The summed E-state index contributed by atoms with van der Waals surface area (Å²) in [5.41, 5.74) is 0. The molecule has 3 unspecified atom stereocenters. The third kappa shape index (κ3) is 2.87. The predicted molar refractivity (Wildman–Crippen MR) is 68.2 cm³/mol. The Labute approximate surface area is 103 Å². The first-order valence-electron chi connectivity index (χ1n) is 6.33. The molecule has 1 aliphatic rings. The Balaban J connectivity index is 2.04. The van der Waals surface area contributed by atoms with E-state index in [9.17, 15) is 0 Å². The van der Waals surface area contributed by atoms with Crippen LogP contribution in [-0.4, -0.2) is 23.1 Å². The lowest BCUT2D eigenvalue weighted by Crippen LogP contribution is -2.35. The quantitative estimate of drug-likeness (QED) is 0.875. The fourth-order valence-electron chi connectivity index (χ4n) is 2.51. The van der Waals surface area contributed by atoms with Crippen LogP contribution in [0.15, 0.2) is 12.4 Å². The average Bonchev–Trinajstić information content (AvgIpc) is 2.35. The molecule has 94 valence electrons. The average molecular weight is 235 g/mol. The van der Waals surface area contributed by atoms with Crippen molar-refractivity contribution in [2.24, 2.45) is 11.8 Å². The van der Waals surface area contributed by atoms with Gasteiger partial charge in [0.25, 0.3) is 0 Å². The number of nitrogens with zero attached hydrogens (tertiary/aromatic N) is 2. The zero-order valence-electron chi connectivity index (χ0n) is 10.8. The van der Waals surface area contributed by atoms with Gasteiger partial charge in [-0.25, -0.2) is 9.97 Å². The van der Waals surface area contributed by atoms with Gasteiger partial charge in [0.15, 0.2) is 0 Å². The first-order chi connectivity index (χ1) is 8.20. The van der Waals surface area contributed by atoms with Gasteiger partial charge in [-0.2, -0.15) is 0 Å². The van der Waals surface area contributed by atoms with Crippen molar-refractivity contribution >= 4 is 5.82 Å². The third-order valence-electron chi connectivity index (χ3n) is 3.89. The van der Waals surface area contributed by atoms with E-state index in [2.05, 4.69) is 29.1 Å². The lowest BCUT2D eigenvalue weighted by Gasteiger charge is -2.34. The molecular weight excluding hydrogens is 214 g/mol. The Morgan fingerprint density at radius 1 is 1.29 bits per heavy atom. The Kier molecular flexibility index (Phi) is 3.82. The molecule has 1 aliphatic carbocycles. The van der Waals surface area contributed by atoms with Crippen LogP contribution in [0.3, 0.4) is 0 Å². The Morgan fingerprint density at radius 2 is 2.12 bits per heavy atom. The standard InChI is InChI=1S/C13H21N3O/c1-9-5-4-6-11(10(9)2)16-12-7-13(17-3)15-8-14-12/h7-11H,4-6H2,1-3H3,(H,14,15,16). The summed E-state index contributed by atoms with van der Waals surface area (Å²) in [4.78, 5) is 8.25. The Hall–Kier alpha value is -1.32. The summed E-state index contributed by atoms with van der Waals surface area (Å²) in [5, 5.41) is 3.50. The molecule has 3 atom stereocenters. The Bertz CT molecular complexity index is 369. The molecule has 0 aromatic carbocycles. The van der Waals surface area contributed by atoms with Gasteiger partial charge in [-0.05, 0) is 18.3 Å². The largest absolute Gasteiger partial charge is 0.481 e. The second-order valence-corrected chi connectivity index (χ2v) is 4.96. The van der Waals surface area contributed by atoms with Crippen LogP contribution < -0.4 is 10.1 Å². The van der Waals surface area contributed by atoms with E-state index in [-0.39, 0.29) is 0 Å². The number of nitrogens with one attached hydrogen (secondary N) is 1. The SMILES string of the molecule is COc1cc(NC2CCCC(C)C2C)ncn1. The van der Waals surface area contributed by atoms with E-state index in [1.54, 1.807) is 7.11 Å². The molecule has 0 spiro atoms. The van der Waals surface area contributed by atoms with Crippen LogP contribution in [0.2, 0.25) is 0 Å². The van der Waals surface area contributed by atoms with Gasteiger partial charge in [0, 0.05) is 12.1 Å². The molecule has 0 bridgehead atoms. The number of hydrogen-bond donors (Lipinski definition) is 1. The molecule has 1 saturated carbocycles. The number of hydrogen-bond acceptors (Lipinski definition) is 4. The van der Waals surface area contributed by atoms with Crippen LogP contribution in [0.1, 0.15) is 33.1 Å². The molecule has 4 nitrogen and oxygen atoms in total. The summed E-state index contributed by atoms with van der Waals surface area (Å²) in [5.74, 6) is 2.94. The van der Waals surface area contributed by atoms with Crippen molar-refractivity contribution in [2.45, 2.75) is 39.2 Å². The van der Waals surface area contributed by atoms with Gasteiger partial charge in [0.1, 0.15) is 12.1 Å². The van der Waals surface area contributed by atoms with E-state index in [0.29, 0.717) is 17.8 Å². The second kappa shape index (κ2) is 5.34. The monoisotopic (exact) mass is 235 g/mol. The van der Waals surface area contributed by atoms with Gasteiger partial charge in [0.2, 0.25) is 5.88 Å². The topological polar surface area (TPSA) is 47.0 Å². The molecule has 1 fully saturated rings. The van der Waals surface area contributed by atoms with Crippen LogP contribution in [0.5, 0.6) is 5.88 Å². The number of methoxy groups -OCH3 is 1. The molecule has 1 N–H and O–H groups in total. The van der Waals surface area contributed by atoms with E-state index in [1.165, 1.54) is 25.6 Å². The molecule has 1 heterocycles. The molecule has 1 aromatic heterocycles. The molecule has 17 heavy (non-hydrogen) atoms. The van der Waals surface area contributed by atoms with Crippen molar-refractivity contribution < 1.29 is 4.74 Å². The fraction of sp³-hybridized carbons (Fsp3) is 0.692. The first kappa shape index (κ1) is 12.1. The van der Waals surface area contributed by atoms with Gasteiger partial charge < -0.3 is 10.1 Å². The molecule has 1 aromatic rings. The molecule has 0 radical (unpaired) electrons. The minimum atomic E-state index is 0.512. The third-order valence-corrected chi connectivity index (χ3v) is 3.89. The zero-order valence-corrected chi connectivity index (χ0v) is 10.8. The number of aromatic nitrogens is 2. The summed E-state index contributed by atoms with van der Waals surface area (Å²) in [6.45, 7) is 4.65. The molecular formula is C13H21N3O. The van der Waals surface area contributed by atoms with E-state index in [1.807, 2.05) is 6.07 Å². The van der Waals surface area contributed by atoms with Crippen LogP contribution in [-0.2, 0) is 0 Å². The fourth-order valence-corrected chi connectivity index (χ4v) is 2.51. The van der Waals surface area contributed by atoms with Gasteiger partial charge in [-0.15, -0.1) is 0 Å². The zero-order chi connectivity index (χ0) is 12.3. The molecule has 4 heteroatoms. The van der Waals surface area contributed by atoms with E-state index >= 15 is 0 Å². The summed E-state index contributed by atoms with van der Waals surface area (Å²) in [6.07, 6.45) is 5.40. The first-order valence-corrected chi connectivity index (χ1v) is 6.33. The maximum absolute atomic E-state index is 5.10. The van der Waals surface area contributed by atoms with Gasteiger partial charge in [0.05, 0.1) is 7.11 Å². The predicted octanol–water partition coefficient (Wildman–Crippen LogP) is 2.72. The van der Waals surface area contributed by atoms with Crippen molar-refractivity contribution in [3.8, 4) is 5.88 Å². The molecule has 0 aliphatic heterocycles. The highest BCUT2D eigenvalue weighted by Crippen LogP contribution is 2.31. The van der Waals surface area contributed by atoms with E-state index < -0.39 is 0 Å². The van der Waals surface area contributed by atoms with Crippen LogP contribution >= 0.6 is 0 Å². The van der Waals surface area contributed by atoms with Gasteiger partial charge in [-0.1, -0.05) is 26.7 Å². The molecule has 0 amide bonds. The van der Waals surface area contributed by atoms with Crippen molar-refractivity contribution in [1.29, 1.82) is 0 Å². The highest BCUT2D eigenvalue weighted by molar-refractivity contribution is 5.38. The van der Waals surface area contributed by atoms with Gasteiger partial charge >= 0.3 is 0 Å². The van der Waals surface area contributed by atoms with E-state index in [4.69, 9.17) is 4.74 Å². The minimum Gasteiger partial charge on any atom is -0.481 e. The minimum absolute atomic E-state index is 0.512. The second-order valence-electron chi connectivity index (χ2n) is 4.96. The molecule has 2 rings (SSSR count). The lowest BCUT2D eigenvalue weighted by atomic mass is 9.78. The van der Waals surface area contributed by atoms with Crippen molar-refractivity contribution in [3.05, 3.63) is 12.4 Å². The molecule has 0 saturated heterocycles. The lowest BCUT2D eigenvalue weighted by molar-refractivity contribution is 0.253. The smallest absolute Gasteiger partial charge is 0.218 e. The van der Waals surface area contributed by atoms with Crippen LogP contribution in [0.4, 0.5) is 5.82 Å². The van der Waals surface area contributed by atoms with Crippen molar-refractivity contribution in [2.75, 3.05) is 12.4 Å². The summed E-state index contributed by atoms with van der Waals surface area (Å²) in [6, 6.07) is 2.37. The summed E-state index contributed by atoms with van der Waals surface area (Å²) < 4.78 is 5.10. The maximum atomic E-state index is 5.10.